The summed E-state index contributed by atoms with van der Waals surface area (Å²) in [5.74, 6) is -0.0494. The lowest BCUT2D eigenvalue weighted by atomic mass is 10.0. The van der Waals surface area contributed by atoms with E-state index in [0.717, 1.165) is 5.69 Å². The highest BCUT2D eigenvalue weighted by molar-refractivity contribution is 5.95. The Balaban J connectivity index is 2.06. The van der Waals surface area contributed by atoms with Crippen molar-refractivity contribution in [2.75, 3.05) is 12.4 Å². The van der Waals surface area contributed by atoms with Crippen molar-refractivity contribution in [3.63, 3.8) is 0 Å². The van der Waals surface area contributed by atoms with Gasteiger partial charge in [-0.2, -0.15) is 0 Å². The summed E-state index contributed by atoms with van der Waals surface area (Å²) >= 11 is 0. The Morgan fingerprint density at radius 2 is 1.76 bits per heavy atom. The van der Waals surface area contributed by atoms with Gasteiger partial charge in [-0.3, -0.25) is 0 Å². The molecular formula is C18H19NO2. The fourth-order valence-electron chi connectivity index (χ4n) is 2.05. The summed E-state index contributed by atoms with van der Waals surface area (Å²) < 4.78 is 4.77. The summed E-state index contributed by atoms with van der Waals surface area (Å²) in [6, 6.07) is 17.5. The maximum absolute atomic E-state index is 11.7. The van der Waals surface area contributed by atoms with Gasteiger partial charge in [-0.05, 0) is 23.9 Å². The normalized spacial score (nSPS) is 12.1. The molecule has 0 bridgehead atoms. The summed E-state index contributed by atoms with van der Waals surface area (Å²) in [7, 11) is 1.38. The molecule has 0 aliphatic rings. The van der Waals surface area contributed by atoms with Crippen LogP contribution in [0.1, 0.15) is 28.8 Å². The van der Waals surface area contributed by atoms with E-state index in [1.54, 1.807) is 6.07 Å². The third-order valence-electron chi connectivity index (χ3n) is 3.28. The maximum atomic E-state index is 11.7. The largest absolute Gasteiger partial charge is 0.465 e. The molecular weight excluding hydrogens is 262 g/mol. The van der Waals surface area contributed by atoms with Gasteiger partial charge in [-0.15, -0.1) is 0 Å². The first kappa shape index (κ1) is 14.9. The Morgan fingerprint density at radius 1 is 1.10 bits per heavy atom. The van der Waals surface area contributed by atoms with Gasteiger partial charge in [0, 0.05) is 5.92 Å². The van der Waals surface area contributed by atoms with Crippen LogP contribution in [0.15, 0.2) is 66.9 Å². The summed E-state index contributed by atoms with van der Waals surface area (Å²) in [5.41, 5.74) is 2.51. The molecule has 0 radical (unpaired) electrons. The predicted molar refractivity (Wildman–Crippen MR) is 85.4 cm³/mol. The number of benzene rings is 2. The zero-order chi connectivity index (χ0) is 15.1. The standard InChI is InChI=1S/C18H19NO2/c1-14(15-8-4-3-5-9-15)12-13-19-17-11-7-6-10-16(17)18(20)21-2/h3-14,19H,1-2H3/b13-12-. The Labute approximate surface area is 125 Å². The summed E-state index contributed by atoms with van der Waals surface area (Å²) in [6.07, 6.45) is 3.92. The second-order valence-electron chi connectivity index (χ2n) is 4.74. The number of esters is 1. The third-order valence-corrected chi connectivity index (χ3v) is 3.28. The van der Waals surface area contributed by atoms with Crippen LogP contribution in [0.25, 0.3) is 0 Å². The molecule has 0 saturated heterocycles. The smallest absolute Gasteiger partial charge is 0.339 e. The minimum atomic E-state index is -0.345. The lowest BCUT2D eigenvalue weighted by molar-refractivity contribution is 0.0602. The maximum Gasteiger partial charge on any atom is 0.339 e. The molecule has 0 amide bonds. The van der Waals surface area contributed by atoms with E-state index in [1.165, 1.54) is 12.7 Å². The van der Waals surface area contributed by atoms with Gasteiger partial charge < -0.3 is 10.1 Å². The minimum Gasteiger partial charge on any atom is -0.465 e. The van der Waals surface area contributed by atoms with E-state index in [2.05, 4.69) is 30.4 Å². The van der Waals surface area contributed by atoms with Crippen LogP contribution in [0.5, 0.6) is 0 Å². The van der Waals surface area contributed by atoms with Gasteiger partial charge >= 0.3 is 5.97 Å². The highest BCUT2D eigenvalue weighted by atomic mass is 16.5. The Bertz CT molecular complexity index is 620. The van der Waals surface area contributed by atoms with E-state index >= 15 is 0 Å². The Hall–Kier alpha value is -2.55. The van der Waals surface area contributed by atoms with Crippen LogP contribution in [0, 0.1) is 0 Å². The number of nitrogens with one attached hydrogen (secondary N) is 1. The van der Waals surface area contributed by atoms with Crippen molar-refractivity contribution < 1.29 is 9.53 Å². The minimum absolute atomic E-state index is 0.295. The molecule has 1 unspecified atom stereocenters. The molecule has 0 fully saturated rings. The van der Waals surface area contributed by atoms with E-state index in [9.17, 15) is 4.79 Å². The van der Waals surface area contributed by atoms with Crippen LogP contribution in [-0.2, 0) is 4.74 Å². The zero-order valence-electron chi connectivity index (χ0n) is 12.2. The number of ether oxygens (including phenoxy) is 1. The average Bonchev–Trinajstić information content (AvgIpc) is 2.55. The van der Waals surface area contributed by atoms with Crippen molar-refractivity contribution in [3.05, 3.63) is 78.0 Å². The molecule has 1 N–H and O–H groups in total. The summed E-state index contributed by atoms with van der Waals surface area (Å²) in [4.78, 5) is 11.7. The topological polar surface area (TPSA) is 38.3 Å². The predicted octanol–water partition coefficient (Wildman–Crippen LogP) is 4.20. The fraction of sp³-hybridized carbons (Fsp3) is 0.167. The van der Waals surface area contributed by atoms with Crippen molar-refractivity contribution in [3.8, 4) is 0 Å². The van der Waals surface area contributed by atoms with Gasteiger partial charge in [0.05, 0.1) is 18.4 Å². The number of para-hydroxylation sites is 1. The molecule has 0 aliphatic carbocycles. The van der Waals surface area contributed by atoms with Crippen molar-refractivity contribution in [1.82, 2.24) is 0 Å². The van der Waals surface area contributed by atoms with Crippen LogP contribution in [-0.4, -0.2) is 13.1 Å². The van der Waals surface area contributed by atoms with Gasteiger partial charge in [-0.1, -0.05) is 55.5 Å². The van der Waals surface area contributed by atoms with Crippen LogP contribution < -0.4 is 5.32 Å². The zero-order valence-corrected chi connectivity index (χ0v) is 12.2. The van der Waals surface area contributed by atoms with Crippen molar-refractivity contribution in [2.45, 2.75) is 12.8 Å². The van der Waals surface area contributed by atoms with Gasteiger partial charge in [-0.25, -0.2) is 4.79 Å². The second-order valence-corrected chi connectivity index (χ2v) is 4.74. The summed E-state index contributed by atoms with van der Waals surface area (Å²) in [6.45, 7) is 2.12. The Morgan fingerprint density at radius 3 is 2.48 bits per heavy atom. The number of hydrogen-bond donors (Lipinski definition) is 1. The molecule has 2 aromatic rings. The number of carbonyl (C=O) groups is 1. The van der Waals surface area contributed by atoms with Crippen LogP contribution in [0.2, 0.25) is 0 Å². The molecule has 2 aromatic carbocycles. The van der Waals surface area contributed by atoms with Crippen molar-refractivity contribution in [2.24, 2.45) is 0 Å². The van der Waals surface area contributed by atoms with E-state index in [4.69, 9.17) is 4.74 Å². The first-order valence-corrected chi connectivity index (χ1v) is 6.88. The molecule has 3 heteroatoms. The Kier molecular flexibility index (Phi) is 5.16. The molecule has 0 heterocycles. The number of hydrogen-bond acceptors (Lipinski definition) is 3. The van der Waals surface area contributed by atoms with Gasteiger partial charge in [0.25, 0.3) is 0 Å². The number of methoxy groups -OCH3 is 1. The first-order valence-electron chi connectivity index (χ1n) is 6.88. The van der Waals surface area contributed by atoms with Crippen LogP contribution in [0.3, 0.4) is 0 Å². The van der Waals surface area contributed by atoms with Crippen molar-refractivity contribution >= 4 is 11.7 Å². The molecule has 21 heavy (non-hydrogen) atoms. The van der Waals surface area contributed by atoms with E-state index < -0.39 is 0 Å². The molecule has 0 aromatic heterocycles. The molecule has 108 valence electrons. The molecule has 2 rings (SSSR count). The number of carbonyl (C=O) groups excluding carboxylic acids is 1. The summed E-state index contributed by atoms with van der Waals surface area (Å²) in [5, 5.41) is 3.15. The lowest BCUT2D eigenvalue weighted by Gasteiger charge is -2.09. The van der Waals surface area contributed by atoms with E-state index in [0.29, 0.717) is 11.5 Å². The third kappa shape index (κ3) is 3.96. The quantitative estimate of drug-likeness (QED) is 0.835. The monoisotopic (exact) mass is 281 g/mol. The molecule has 3 nitrogen and oxygen atoms in total. The van der Waals surface area contributed by atoms with Crippen molar-refractivity contribution in [1.29, 1.82) is 0 Å². The highest BCUT2D eigenvalue weighted by Gasteiger charge is 2.09. The number of anilines is 1. The molecule has 0 aliphatic heterocycles. The molecule has 0 saturated carbocycles. The molecule has 1 atom stereocenters. The fourth-order valence-corrected chi connectivity index (χ4v) is 2.05. The highest BCUT2D eigenvalue weighted by Crippen LogP contribution is 2.18. The number of allylic oxidation sites excluding steroid dienone is 1. The van der Waals surface area contributed by atoms with Crippen LogP contribution >= 0.6 is 0 Å². The SMILES string of the molecule is COC(=O)c1ccccc1N/C=C\C(C)c1ccccc1. The van der Waals surface area contributed by atoms with Gasteiger partial charge in [0.1, 0.15) is 0 Å². The van der Waals surface area contributed by atoms with E-state index in [1.807, 2.05) is 42.6 Å². The lowest BCUT2D eigenvalue weighted by Crippen LogP contribution is -2.05. The van der Waals surface area contributed by atoms with Gasteiger partial charge in [0.2, 0.25) is 0 Å². The van der Waals surface area contributed by atoms with Crippen LogP contribution in [0.4, 0.5) is 5.69 Å². The second kappa shape index (κ2) is 7.29. The average molecular weight is 281 g/mol. The van der Waals surface area contributed by atoms with E-state index in [-0.39, 0.29) is 5.97 Å². The van der Waals surface area contributed by atoms with Gasteiger partial charge in [0.15, 0.2) is 0 Å². The molecule has 0 spiro atoms. The number of rotatable bonds is 5. The first-order chi connectivity index (χ1) is 10.2.